The van der Waals surface area contributed by atoms with Gasteiger partial charge in [-0.05, 0) is 13.8 Å². The van der Waals surface area contributed by atoms with E-state index in [1.54, 1.807) is 12.5 Å². The normalized spacial score (nSPS) is 18.1. The highest BCUT2D eigenvalue weighted by atomic mass is 16.2. The maximum Gasteiger partial charge on any atom is 0.242 e. The second-order valence-electron chi connectivity index (χ2n) is 5.26. The molecule has 2 aromatic rings. The van der Waals surface area contributed by atoms with Crippen LogP contribution in [0.1, 0.15) is 31.3 Å². The Hall–Kier alpha value is -2.15. The van der Waals surface area contributed by atoms with E-state index in [0.717, 1.165) is 17.1 Å². The molecule has 0 aromatic carbocycles. The summed E-state index contributed by atoms with van der Waals surface area (Å²) in [5.74, 6) is -0.0537. The van der Waals surface area contributed by atoms with Gasteiger partial charge >= 0.3 is 0 Å². The molecule has 1 aliphatic rings. The zero-order valence-electron chi connectivity index (χ0n) is 11.6. The first-order valence-electron chi connectivity index (χ1n) is 6.73. The summed E-state index contributed by atoms with van der Waals surface area (Å²) in [7, 11) is 0. The summed E-state index contributed by atoms with van der Waals surface area (Å²) in [4.78, 5) is 19.5. The summed E-state index contributed by atoms with van der Waals surface area (Å²) in [6, 6.07) is 0.0215. The molecule has 0 aliphatic carbocycles. The summed E-state index contributed by atoms with van der Waals surface area (Å²) in [6.45, 7) is 4.72. The average Bonchev–Trinajstić information content (AvgIpc) is 3.05. The number of aromatic amines is 1. The molecular formula is C13H18N6O. The van der Waals surface area contributed by atoms with Crippen molar-refractivity contribution >= 4 is 11.6 Å². The van der Waals surface area contributed by atoms with E-state index in [1.165, 1.54) is 0 Å². The van der Waals surface area contributed by atoms with Crippen molar-refractivity contribution in [3.8, 4) is 0 Å². The van der Waals surface area contributed by atoms with Crippen LogP contribution < -0.4 is 10.6 Å². The Morgan fingerprint density at radius 1 is 1.55 bits per heavy atom. The molecule has 1 atom stereocenters. The van der Waals surface area contributed by atoms with Gasteiger partial charge in [0.2, 0.25) is 5.91 Å². The van der Waals surface area contributed by atoms with Crippen LogP contribution in [-0.2, 0) is 17.8 Å². The number of fused-ring (bicyclic) bond motifs is 1. The molecule has 0 saturated carbocycles. The van der Waals surface area contributed by atoms with Gasteiger partial charge in [-0.25, -0.2) is 4.98 Å². The molecule has 7 nitrogen and oxygen atoms in total. The van der Waals surface area contributed by atoms with Crippen LogP contribution in [0.4, 0.5) is 5.69 Å². The average molecular weight is 274 g/mol. The predicted octanol–water partition coefficient (Wildman–Crippen LogP) is 0.840. The number of hydrogen-bond donors (Lipinski definition) is 3. The molecule has 0 saturated heterocycles. The Kier molecular flexibility index (Phi) is 3.27. The number of imidazole rings is 1. The van der Waals surface area contributed by atoms with Gasteiger partial charge in [-0.3, -0.25) is 14.8 Å². The number of aromatic nitrogens is 4. The summed E-state index contributed by atoms with van der Waals surface area (Å²) >= 11 is 0. The van der Waals surface area contributed by atoms with Gasteiger partial charge in [-0.15, -0.1) is 0 Å². The molecule has 0 bridgehead atoms. The maximum absolute atomic E-state index is 12.2. The molecule has 0 radical (unpaired) electrons. The second-order valence-corrected chi connectivity index (χ2v) is 5.26. The van der Waals surface area contributed by atoms with E-state index in [9.17, 15) is 4.79 Å². The number of nitrogens with one attached hydrogen (secondary N) is 3. The predicted molar refractivity (Wildman–Crippen MR) is 74.2 cm³/mol. The van der Waals surface area contributed by atoms with Gasteiger partial charge in [0.1, 0.15) is 0 Å². The summed E-state index contributed by atoms with van der Waals surface area (Å²) in [5.41, 5.74) is 2.74. The molecule has 1 amide bonds. The smallest absolute Gasteiger partial charge is 0.242 e. The Morgan fingerprint density at radius 3 is 3.15 bits per heavy atom. The van der Waals surface area contributed by atoms with Gasteiger partial charge < -0.3 is 10.3 Å². The molecule has 1 unspecified atom stereocenters. The van der Waals surface area contributed by atoms with Crippen molar-refractivity contribution in [1.82, 2.24) is 25.1 Å². The molecule has 3 N–H and O–H groups in total. The molecule has 106 valence electrons. The minimum Gasteiger partial charge on any atom is -0.347 e. The Balaban J connectivity index is 1.65. The highest BCUT2D eigenvalue weighted by Crippen LogP contribution is 2.15. The van der Waals surface area contributed by atoms with E-state index in [0.29, 0.717) is 13.0 Å². The first-order chi connectivity index (χ1) is 9.63. The highest BCUT2D eigenvalue weighted by molar-refractivity contribution is 5.94. The molecule has 7 heteroatoms. The lowest BCUT2D eigenvalue weighted by molar-refractivity contribution is -0.118. The van der Waals surface area contributed by atoms with Crippen molar-refractivity contribution in [3.05, 3.63) is 30.1 Å². The van der Waals surface area contributed by atoms with E-state index >= 15 is 0 Å². The molecule has 3 rings (SSSR count). The van der Waals surface area contributed by atoms with Crippen LogP contribution >= 0.6 is 0 Å². The van der Waals surface area contributed by atoms with Crippen molar-refractivity contribution in [2.45, 2.75) is 38.9 Å². The third-order valence-electron chi connectivity index (χ3n) is 3.44. The fraction of sp³-hybridized carbons (Fsp3) is 0.462. The van der Waals surface area contributed by atoms with Crippen molar-refractivity contribution in [2.75, 3.05) is 5.32 Å². The fourth-order valence-corrected chi connectivity index (χ4v) is 2.27. The van der Waals surface area contributed by atoms with E-state index in [2.05, 4.69) is 25.7 Å². The molecule has 2 aromatic heterocycles. The van der Waals surface area contributed by atoms with Gasteiger partial charge in [0.05, 0.1) is 35.6 Å². The standard InChI is InChI=1S/C13H18N6O/c1-8(2)19-6-9(4-17-19)18-13(20)11-3-10-12(5-14-11)16-7-15-10/h4,6-8,11,14H,3,5H2,1-2H3,(H,15,16)(H,18,20). The zero-order chi connectivity index (χ0) is 14.1. The number of amides is 1. The third-order valence-corrected chi connectivity index (χ3v) is 3.44. The molecule has 20 heavy (non-hydrogen) atoms. The van der Waals surface area contributed by atoms with Crippen molar-refractivity contribution < 1.29 is 4.79 Å². The number of rotatable bonds is 3. The van der Waals surface area contributed by atoms with Crippen LogP contribution in [0.3, 0.4) is 0 Å². The number of carbonyl (C=O) groups is 1. The van der Waals surface area contributed by atoms with E-state index < -0.39 is 0 Å². The summed E-state index contributed by atoms with van der Waals surface area (Å²) in [5, 5.41) is 10.3. The van der Waals surface area contributed by atoms with Crippen LogP contribution in [0, 0.1) is 0 Å². The molecule has 0 spiro atoms. The third kappa shape index (κ3) is 2.44. The summed E-state index contributed by atoms with van der Waals surface area (Å²) < 4.78 is 1.82. The van der Waals surface area contributed by atoms with Crippen LogP contribution in [0.15, 0.2) is 18.7 Å². The largest absolute Gasteiger partial charge is 0.347 e. The summed E-state index contributed by atoms with van der Waals surface area (Å²) in [6.07, 6.45) is 5.77. The van der Waals surface area contributed by atoms with E-state index in [4.69, 9.17) is 0 Å². The first-order valence-corrected chi connectivity index (χ1v) is 6.73. The van der Waals surface area contributed by atoms with Crippen molar-refractivity contribution in [2.24, 2.45) is 0 Å². The number of H-pyrrole nitrogens is 1. The van der Waals surface area contributed by atoms with Crippen molar-refractivity contribution in [1.29, 1.82) is 0 Å². The molecule has 0 fully saturated rings. The maximum atomic E-state index is 12.2. The SMILES string of the molecule is CC(C)n1cc(NC(=O)C2Cc3nc[nH]c3CN2)cn1. The van der Waals surface area contributed by atoms with E-state index in [-0.39, 0.29) is 18.0 Å². The lowest BCUT2D eigenvalue weighted by Crippen LogP contribution is -2.44. The molecular weight excluding hydrogens is 256 g/mol. The lowest BCUT2D eigenvalue weighted by atomic mass is 10.0. The highest BCUT2D eigenvalue weighted by Gasteiger charge is 2.25. The first kappa shape index (κ1) is 12.9. The minimum absolute atomic E-state index is 0.0537. The second kappa shape index (κ2) is 5.09. The lowest BCUT2D eigenvalue weighted by Gasteiger charge is -2.21. The number of anilines is 1. The fourth-order valence-electron chi connectivity index (χ4n) is 2.27. The van der Waals surface area contributed by atoms with Gasteiger partial charge in [-0.2, -0.15) is 5.10 Å². The quantitative estimate of drug-likeness (QED) is 0.774. The Morgan fingerprint density at radius 2 is 2.40 bits per heavy atom. The van der Waals surface area contributed by atoms with Gasteiger partial charge in [-0.1, -0.05) is 0 Å². The topological polar surface area (TPSA) is 87.6 Å². The molecule has 1 aliphatic heterocycles. The Bertz CT molecular complexity index is 614. The van der Waals surface area contributed by atoms with Gasteiger partial charge in [0, 0.05) is 25.2 Å². The van der Waals surface area contributed by atoms with Gasteiger partial charge in [0.25, 0.3) is 0 Å². The minimum atomic E-state index is -0.256. The monoisotopic (exact) mass is 274 g/mol. The van der Waals surface area contributed by atoms with Crippen LogP contribution in [0.2, 0.25) is 0 Å². The van der Waals surface area contributed by atoms with Crippen LogP contribution in [0.25, 0.3) is 0 Å². The van der Waals surface area contributed by atoms with Crippen LogP contribution in [0.5, 0.6) is 0 Å². The van der Waals surface area contributed by atoms with Gasteiger partial charge in [0.15, 0.2) is 0 Å². The Labute approximate surface area is 116 Å². The van der Waals surface area contributed by atoms with E-state index in [1.807, 2.05) is 24.7 Å². The van der Waals surface area contributed by atoms with Crippen molar-refractivity contribution in [3.63, 3.8) is 0 Å². The molecule has 3 heterocycles. The number of carbonyl (C=O) groups excluding carboxylic acids is 1. The zero-order valence-corrected chi connectivity index (χ0v) is 11.6. The number of nitrogens with zero attached hydrogens (tertiary/aromatic N) is 3. The number of hydrogen-bond acceptors (Lipinski definition) is 4. The van der Waals surface area contributed by atoms with Crippen LogP contribution in [-0.4, -0.2) is 31.7 Å².